The SMILES string of the molecule is CCCCN1C(=O)C(CC(C)C)NC(=O)C12CCN(Cc1ccc(-c3ccc(C(=O)O)cc3)cc1)CC2.Cl. The van der Waals surface area contributed by atoms with E-state index in [2.05, 4.69) is 55.3 Å². The van der Waals surface area contributed by atoms with Gasteiger partial charge in [0.05, 0.1) is 5.56 Å². The van der Waals surface area contributed by atoms with Crippen molar-refractivity contribution < 1.29 is 19.5 Å². The predicted molar refractivity (Wildman–Crippen MR) is 151 cm³/mol. The molecule has 0 bridgehead atoms. The Bertz CT molecular complexity index is 1110. The maximum absolute atomic E-state index is 13.4. The summed E-state index contributed by atoms with van der Waals surface area (Å²) in [7, 11) is 0. The van der Waals surface area contributed by atoms with Gasteiger partial charge in [0.1, 0.15) is 11.6 Å². The molecule has 7 nitrogen and oxygen atoms in total. The highest BCUT2D eigenvalue weighted by Gasteiger charge is 2.53. The molecule has 0 aliphatic carbocycles. The lowest BCUT2D eigenvalue weighted by Crippen LogP contribution is -2.73. The van der Waals surface area contributed by atoms with Gasteiger partial charge in [-0.25, -0.2) is 4.79 Å². The summed E-state index contributed by atoms with van der Waals surface area (Å²) in [6.45, 7) is 9.24. The lowest BCUT2D eigenvalue weighted by Gasteiger charge is -2.52. The number of likely N-dealkylation sites (tertiary alicyclic amines) is 1. The molecule has 2 amide bonds. The molecule has 1 atom stereocenters. The van der Waals surface area contributed by atoms with Crippen LogP contribution in [0.3, 0.4) is 0 Å². The van der Waals surface area contributed by atoms with Crippen LogP contribution in [0.2, 0.25) is 0 Å². The summed E-state index contributed by atoms with van der Waals surface area (Å²) >= 11 is 0. The third-order valence-corrected chi connectivity index (χ3v) is 7.76. The Morgan fingerprint density at radius 2 is 1.61 bits per heavy atom. The molecule has 0 saturated carbocycles. The van der Waals surface area contributed by atoms with Gasteiger partial charge in [0.2, 0.25) is 11.8 Å². The van der Waals surface area contributed by atoms with Gasteiger partial charge in [-0.15, -0.1) is 12.4 Å². The Morgan fingerprint density at radius 3 is 2.13 bits per heavy atom. The van der Waals surface area contributed by atoms with Gasteiger partial charge in [-0.1, -0.05) is 63.6 Å². The largest absolute Gasteiger partial charge is 0.478 e. The van der Waals surface area contributed by atoms with E-state index in [4.69, 9.17) is 5.11 Å². The monoisotopic (exact) mass is 541 g/mol. The van der Waals surface area contributed by atoms with Crippen LogP contribution in [0.25, 0.3) is 11.1 Å². The number of amides is 2. The summed E-state index contributed by atoms with van der Waals surface area (Å²) < 4.78 is 0. The van der Waals surface area contributed by atoms with Gasteiger partial charge >= 0.3 is 5.97 Å². The molecule has 1 unspecified atom stereocenters. The van der Waals surface area contributed by atoms with Crippen LogP contribution in [0, 0.1) is 5.92 Å². The van der Waals surface area contributed by atoms with E-state index in [1.54, 1.807) is 12.1 Å². The van der Waals surface area contributed by atoms with Crippen molar-refractivity contribution in [1.82, 2.24) is 15.1 Å². The number of hydrogen-bond donors (Lipinski definition) is 2. The van der Waals surface area contributed by atoms with Crippen molar-refractivity contribution in [3.05, 3.63) is 59.7 Å². The number of halogens is 1. The van der Waals surface area contributed by atoms with Crippen LogP contribution >= 0.6 is 12.4 Å². The van der Waals surface area contributed by atoms with Gasteiger partial charge in [0, 0.05) is 26.2 Å². The summed E-state index contributed by atoms with van der Waals surface area (Å²) in [5.74, 6) is -0.480. The number of nitrogens with zero attached hydrogens (tertiary/aromatic N) is 2. The van der Waals surface area contributed by atoms with Crippen LogP contribution < -0.4 is 5.32 Å². The van der Waals surface area contributed by atoms with Gasteiger partial charge in [-0.3, -0.25) is 14.5 Å². The van der Waals surface area contributed by atoms with E-state index in [9.17, 15) is 14.4 Å². The highest BCUT2D eigenvalue weighted by Crippen LogP contribution is 2.35. The number of carbonyl (C=O) groups is 3. The Hall–Kier alpha value is -2.90. The summed E-state index contributed by atoms with van der Waals surface area (Å²) in [6.07, 6.45) is 3.87. The number of hydrogen-bond acceptors (Lipinski definition) is 4. The van der Waals surface area contributed by atoms with Gasteiger partial charge in [-0.2, -0.15) is 0 Å². The number of carboxylic acid groups (broad SMARTS) is 1. The zero-order valence-electron chi connectivity index (χ0n) is 22.6. The normalized spacial score (nSPS) is 19.4. The summed E-state index contributed by atoms with van der Waals surface area (Å²) in [6, 6.07) is 14.8. The van der Waals surface area contributed by atoms with Crippen molar-refractivity contribution >= 4 is 30.2 Å². The molecule has 1 spiro atoms. The van der Waals surface area contributed by atoms with E-state index < -0.39 is 17.6 Å². The molecular weight excluding hydrogens is 502 g/mol. The molecule has 2 aliphatic rings. The quantitative estimate of drug-likeness (QED) is 0.467. The Labute approximate surface area is 232 Å². The smallest absolute Gasteiger partial charge is 0.335 e. The molecule has 2 N–H and O–H groups in total. The van der Waals surface area contributed by atoms with Crippen LogP contribution in [0.1, 0.15) is 68.8 Å². The molecule has 8 heteroatoms. The fourth-order valence-corrected chi connectivity index (χ4v) is 5.59. The number of piperidine rings is 1. The second-order valence-corrected chi connectivity index (χ2v) is 10.9. The zero-order valence-corrected chi connectivity index (χ0v) is 23.4. The molecule has 2 aliphatic heterocycles. The van der Waals surface area contributed by atoms with Crippen molar-refractivity contribution in [1.29, 1.82) is 0 Å². The standard InChI is InChI=1S/C30H39N3O4.ClH/c1-4-5-16-33-27(34)26(19-21(2)3)31-29(37)30(33)14-17-32(18-15-30)20-22-6-8-23(9-7-22)24-10-12-25(13-11-24)28(35)36;/h6-13,21,26H,4-5,14-20H2,1-3H3,(H,31,37)(H,35,36);1H. The fourth-order valence-electron chi connectivity index (χ4n) is 5.59. The minimum atomic E-state index is -0.927. The van der Waals surface area contributed by atoms with Crippen LogP contribution in [-0.2, 0) is 16.1 Å². The van der Waals surface area contributed by atoms with Crippen LogP contribution in [0.4, 0.5) is 0 Å². The molecule has 4 rings (SSSR count). The van der Waals surface area contributed by atoms with E-state index in [1.807, 2.05) is 17.0 Å². The first-order chi connectivity index (χ1) is 17.7. The molecular formula is C30H40ClN3O4. The van der Waals surface area contributed by atoms with Crippen molar-refractivity contribution in [3.63, 3.8) is 0 Å². The van der Waals surface area contributed by atoms with Gasteiger partial charge in [0.15, 0.2) is 0 Å². The van der Waals surface area contributed by atoms with Crippen LogP contribution in [0.5, 0.6) is 0 Å². The lowest BCUT2D eigenvalue weighted by molar-refractivity contribution is -0.161. The highest BCUT2D eigenvalue weighted by molar-refractivity contribution is 6.00. The van der Waals surface area contributed by atoms with Crippen LogP contribution in [-0.4, -0.2) is 63.9 Å². The first kappa shape index (κ1) is 29.7. The number of rotatable bonds is 9. The lowest BCUT2D eigenvalue weighted by atomic mass is 9.80. The predicted octanol–water partition coefficient (Wildman–Crippen LogP) is 4.98. The van der Waals surface area contributed by atoms with Crippen molar-refractivity contribution in [2.45, 2.75) is 71.0 Å². The van der Waals surface area contributed by atoms with Crippen molar-refractivity contribution in [3.8, 4) is 11.1 Å². The molecule has 0 radical (unpaired) electrons. The van der Waals surface area contributed by atoms with Crippen LogP contribution in [0.15, 0.2) is 48.5 Å². The van der Waals surface area contributed by atoms with Gasteiger partial charge in [0.25, 0.3) is 0 Å². The number of piperazine rings is 1. The second-order valence-electron chi connectivity index (χ2n) is 10.9. The maximum Gasteiger partial charge on any atom is 0.335 e. The molecule has 0 aromatic heterocycles. The van der Waals surface area contributed by atoms with Crippen molar-refractivity contribution in [2.75, 3.05) is 19.6 Å². The minimum absolute atomic E-state index is 0. The Morgan fingerprint density at radius 1 is 1.03 bits per heavy atom. The third-order valence-electron chi connectivity index (χ3n) is 7.76. The molecule has 2 saturated heterocycles. The number of benzene rings is 2. The molecule has 38 heavy (non-hydrogen) atoms. The van der Waals surface area contributed by atoms with E-state index in [0.29, 0.717) is 31.7 Å². The topological polar surface area (TPSA) is 90.0 Å². The minimum Gasteiger partial charge on any atom is -0.478 e. The van der Waals surface area contributed by atoms with E-state index in [-0.39, 0.29) is 29.8 Å². The molecule has 206 valence electrons. The zero-order chi connectivity index (χ0) is 26.6. The molecule has 2 aromatic carbocycles. The third kappa shape index (κ3) is 6.38. The number of nitrogens with one attached hydrogen (secondary N) is 1. The summed E-state index contributed by atoms with van der Waals surface area (Å²) in [5, 5.41) is 12.2. The average Bonchev–Trinajstić information content (AvgIpc) is 2.89. The molecule has 2 aromatic rings. The van der Waals surface area contributed by atoms with Gasteiger partial charge < -0.3 is 15.3 Å². The highest BCUT2D eigenvalue weighted by atomic mass is 35.5. The van der Waals surface area contributed by atoms with Gasteiger partial charge in [-0.05, 0) is 60.4 Å². The fraction of sp³-hybridized carbons (Fsp3) is 0.500. The number of carboxylic acids is 1. The Balaban J connectivity index is 0.00000400. The summed E-state index contributed by atoms with van der Waals surface area (Å²) in [5.41, 5.74) is 2.75. The first-order valence-electron chi connectivity index (χ1n) is 13.5. The second kappa shape index (κ2) is 12.8. The van der Waals surface area contributed by atoms with Crippen molar-refractivity contribution in [2.24, 2.45) is 5.92 Å². The van der Waals surface area contributed by atoms with E-state index in [0.717, 1.165) is 43.6 Å². The van der Waals surface area contributed by atoms with E-state index >= 15 is 0 Å². The maximum atomic E-state index is 13.4. The number of carbonyl (C=O) groups excluding carboxylic acids is 2. The average molecular weight is 542 g/mol. The Kier molecular flexibility index (Phi) is 9.96. The molecule has 2 heterocycles. The molecule has 2 fully saturated rings. The van der Waals surface area contributed by atoms with E-state index in [1.165, 1.54) is 5.56 Å². The summed E-state index contributed by atoms with van der Waals surface area (Å²) in [4.78, 5) is 42.2. The number of unbranched alkanes of at least 4 members (excludes halogenated alkanes) is 1. The first-order valence-corrected chi connectivity index (χ1v) is 13.5. The number of aromatic carboxylic acids is 1.